The van der Waals surface area contributed by atoms with Crippen LogP contribution in [0.15, 0.2) is 12.1 Å². The molecule has 0 saturated carbocycles. The first kappa shape index (κ1) is 12.6. The first-order valence-corrected chi connectivity index (χ1v) is 6.02. The Hall–Kier alpha value is -0.840. The van der Waals surface area contributed by atoms with Crippen LogP contribution in [0.2, 0.25) is 5.15 Å². The second-order valence-corrected chi connectivity index (χ2v) is 4.33. The fraction of sp³-hybridized carbons (Fsp3) is 0.583. The molecule has 1 saturated heterocycles. The van der Waals surface area contributed by atoms with Gasteiger partial charge in [0.25, 0.3) is 0 Å². The zero-order valence-corrected chi connectivity index (χ0v) is 10.8. The van der Waals surface area contributed by atoms with Crippen molar-refractivity contribution in [3.05, 3.63) is 23.0 Å². The van der Waals surface area contributed by atoms with Crippen molar-refractivity contribution in [3.8, 4) is 5.75 Å². The Morgan fingerprint density at radius 1 is 1.53 bits per heavy atom. The van der Waals surface area contributed by atoms with Crippen molar-refractivity contribution in [2.45, 2.75) is 18.9 Å². The van der Waals surface area contributed by atoms with E-state index >= 15 is 0 Å². The van der Waals surface area contributed by atoms with E-state index in [9.17, 15) is 0 Å². The predicted molar refractivity (Wildman–Crippen MR) is 64.5 cm³/mol. The number of aromatic nitrogens is 1. The summed E-state index contributed by atoms with van der Waals surface area (Å²) in [4.78, 5) is 4.32. The largest absolute Gasteiger partial charge is 0.494 e. The zero-order valence-electron chi connectivity index (χ0n) is 10.0. The maximum atomic E-state index is 6.00. The van der Waals surface area contributed by atoms with Gasteiger partial charge in [0.15, 0.2) is 0 Å². The zero-order chi connectivity index (χ0) is 12.3. The lowest BCUT2D eigenvalue weighted by Gasteiger charge is -2.25. The number of halogens is 1. The van der Waals surface area contributed by atoms with Gasteiger partial charge in [0.1, 0.15) is 16.5 Å². The molecular formula is C12H16ClNO3. The highest BCUT2D eigenvalue weighted by Crippen LogP contribution is 2.35. The van der Waals surface area contributed by atoms with Gasteiger partial charge < -0.3 is 14.2 Å². The van der Waals surface area contributed by atoms with Crippen LogP contribution in [0.4, 0.5) is 0 Å². The molecular weight excluding hydrogens is 242 g/mol. The topological polar surface area (TPSA) is 40.6 Å². The van der Waals surface area contributed by atoms with Gasteiger partial charge >= 0.3 is 0 Å². The molecule has 0 aliphatic carbocycles. The number of nitrogens with zero attached hydrogens (tertiary/aromatic N) is 1. The minimum atomic E-state index is -0.489. The maximum Gasteiger partial charge on any atom is 0.135 e. The number of methoxy groups -OCH3 is 1. The van der Waals surface area contributed by atoms with E-state index in [-0.39, 0.29) is 0 Å². The molecule has 1 fully saturated rings. The molecule has 2 rings (SSSR count). The Morgan fingerprint density at radius 2 is 2.35 bits per heavy atom. The number of pyridine rings is 1. The lowest BCUT2D eigenvalue weighted by atomic mass is 9.98. The number of rotatable bonds is 4. The smallest absolute Gasteiger partial charge is 0.135 e. The van der Waals surface area contributed by atoms with Gasteiger partial charge in [-0.25, -0.2) is 4.98 Å². The molecule has 0 spiro atoms. The SMILES string of the molecule is CCOc1cc(Cl)nc(C2(OC)CCOC2)c1. The summed E-state index contributed by atoms with van der Waals surface area (Å²) >= 11 is 6.00. The van der Waals surface area contributed by atoms with Crippen LogP contribution < -0.4 is 4.74 Å². The molecule has 5 heteroatoms. The van der Waals surface area contributed by atoms with Gasteiger partial charge in [0, 0.05) is 32.3 Å². The fourth-order valence-corrected chi connectivity index (χ4v) is 2.17. The van der Waals surface area contributed by atoms with Crippen LogP contribution in [0.3, 0.4) is 0 Å². The van der Waals surface area contributed by atoms with Crippen LogP contribution in [0.5, 0.6) is 5.75 Å². The Kier molecular flexibility index (Phi) is 3.86. The predicted octanol–water partition coefficient (Wildman–Crippen LogP) is 2.40. The van der Waals surface area contributed by atoms with E-state index in [1.54, 1.807) is 13.2 Å². The standard InChI is InChI=1S/C12H16ClNO3/c1-3-17-9-6-10(14-11(13)7-9)12(15-2)4-5-16-8-12/h6-7H,3-5,8H2,1-2H3. The summed E-state index contributed by atoms with van der Waals surface area (Å²) < 4.78 is 16.4. The van der Waals surface area contributed by atoms with Gasteiger partial charge in [-0.1, -0.05) is 11.6 Å². The molecule has 0 amide bonds. The first-order chi connectivity index (χ1) is 8.20. The lowest BCUT2D eigenvalue weighted by molar-refractivity contribution is -0.0247. The van der Waals surface area contributed by atoms with Gasteiger partial charge in [-0.05, 0) is 6.92 Å². The second kappa shape index (κ2) is 5.21. The highest BCUT2D eigenvalue weighted by molar-refractivity contribution is 6.29. The summed E-state index contributed by atoms with van der Waals surface area (Å²) in [5.41, 5.74) is 0.282. The van der Waals surface area contributed by atoms with Gasteiger partial charge in [-0.15, -0.1) is 0 Å². The number of ether oxygens (including phenoxy) is 3. The fourth-order valence-electron chi connectivity index (χ4n) is 1.97. The van der Waals surface area contributed by atoms with E-state index in [1.807, 2.05) is 13.0 Å². The van der Waals surface area contributed by atoms with Crippen molar-refractivity contribution in [1.29, 1.82) is 0 Å². The molecule has 0 N–H and O–H groups in total. The summed E-state index contributed by atoms with van der Waals surface area (Å²) in [6.07, 6.45) is 0.780. The summed E-state index contributed by atoms with van der Waals surface area (Å²) in [7, 11) is 1.66. The quantitative estimate of drug-likeness (QED) is 0.777. The Bertz CT molecular complexity index is 391. The highest BCUT2D eigenvalue weighted by atomic mass is 35.5. The average Bonchev–Trinajstić information content (AvgIpc) is 2.78. The molecule has 1 aliphatic rings. The molecule has 4 nitrogen and oxygen atoms in total. The van der Waals surface area contributed by atoms with Crippen molar-refractivity contribution in [1.82, 2.24) is 4.98 Å². The van der Waals surface area contributed by atoms with Crippen LogP contribution in [0.25, 0.3) is 0 Å². The molecule has 1 aromatic rings. The highest BCUT2D eigenvalue weighted by Gasteiger charge is 2.38. The van der Waals surface area contributed by atoms with Gasteiger partial charge in [0.2, 0.25) is 0 Å². The summed E-state index contributed by atoms with van der Waals surface area (Å²) in [6, 6.07) is 3.57. The number of hydrogen-bond donors (Lipinski definition) is 0. The van der Waals surface area contributed by atoms with Crippen LogP contribution in [0, 0.1) is 0 Å². The van der Waals surface area contributed by atoms with Crippen molar-refractivity contribution in [2.24, 2.45) is 0 Å². The van der Waals surface area contributed by atoms with E-state index in [4.69, 9.17) is 25.8 Å². The van der Waals surface area contributed by atoms with Crippen molar-refractivity contribution >= 4 is 11.6 Å². The molecule has 17 heavy (non-hydrogen) atoms. The molecule has 2 heterocycles. The second-order valence-electron chi connectivity index (χ2n) is 3.94. The molecule has 1 atom stereocenters. The lowest BCUT2D eigenvalue weighted by Crippen LogP contribution is -2.30. The molecule has 1 unspecified atom stereocenters. The maximum absolute atomic E-state index is 6.00. The average molecular weight is 258 g/mol. The van der Waals surface area contributed by atoms with E-state index in [2.05, 4.69) is 4.98 Å². The van der Waals surface area contributed by atoms with Gasteiger partial charge in [0.05, 0.1) is 18.9 Å². The number of hydrogen-bond acceptors (Lipinski definition) is 4. The van der Waals surface area contributed by atoms with E-state index in [0.29, 0.717) is 30.7 Å². The van der Waals surface area contributed by atoms with Gasteiger partial charge in [-0.2, -0.15) is 0 Å². The van der Waals surface area contributed by atoms with Crippen molar-refractivity contribution in [2.75, 3.05) is 26.9 Å². The monoisotopic (exact) mass is 257 g/mol. The Labute approximate surface area is 106 Å². The van der Waals surface area contributed by atoms with Crippen LogP contribution in [-0.2, 0) is 15.1 Å². The molecule has 0 radical (unpaired) electrons. The van der Waals surface area contributed by atoms with Crippen LogP contribution in [0.1, 0.15) is 19.0 Å². The Morgan fingerprint density at radius 3 is 2.94 bits per heavy atom. The molecule has 1 aromatic heterocycles. The molecule has 94 valence electrons. The Balaban J connectivity index is 2.36. The molecule has 0 bridgehead atoms. The molecule has 0 aromatic carbocycles. The third-order valence-corrected chi connectivity index (χ3v) is 3.12. The minimum Gasteiger partial charge on any atom is -0.494 e. The third-order valence-electron chi connectivity index (χ3n) is 2.92. The minimum absolute atomic E-state index is 0.411. The first-order valence-electron chi connectivity index (χ1n) is 5.64. The third kappa shape index (κ3) is 2.54. The van der Waals surface area contributed by atoms with Crippen molar-refractivity contribution in [3.63, 3.8) is 0 Å². The summed E-state index contributed by atoms with van der Waals surface area (Å²) in [5, 5.41) is 0.411. The van der Waals surface area contributed by atoms with Crippen LogP contribution in [-0.4, -0.2) is 31.9 Å². The van der Waals surface area contributed by atoms with E-state index in [0.717, 1.165) is 12.1 Å². The molecule has 1 aliphatic heterocycles. The van der Waals surface area contributed by atoms with Crippen molar-refractivity contribution < 1.29 is 14.2 Å². The summed E-state index contributed by atoms with van der Waals surface area (Å²) in [5.74, 6) is 0.714. The van der Waals surface area contributed by atoms with Gasteiger partial charge in [-0.3, -0.25) is 0 Å². The van der Waals surface area contributed by atoms with E-state index < -0.39 is 5.60 Å². The van der Waals surface area contributed by atoms with E-state index in [1.165, 1.54) is 0 Å². The summed E-state index contributed by atoms with van der Waals surface area (Å²) in [6.45, 7) is 3.70. The van der Waals surface area contributed by atoms with Crippen LogP contribution >= 0.6 is 11.6 Å². The normalized spacial score (nSPS) is 23.9.